The van der Waals surface area contributed by atoms with E-state index in [4.69, 9.17) is 9.52 Å². The molecule has 0 amide bonds. The maximum absolute atomic E-state index is 10.9. The molecular weight excluding hydrogens is 212 g/mol. The molecule has 16 heavy (non-hydrogen) atoms. The molecule has 1 unspecified atom stereocenters. The first kappa shape index (κ1) is 10.3. The zero-order valence-electron chi connectivity index (χ0n) is 8.78. The summed E-state index contributed by atoms with van der Waals surface area (Å²) < 4.78 is 6.38. The van der Waals surface area contributed by atoms with Gasteiger partial charge in [0.15, 0.2) is 11.9 Å². The molecule has 1 atom stereocenters. The van der Waals surface area contributed by atoms with E-state index in [0.717, 1.165) is 0 Å². The lowest BCUT2D eigenvalue weighted by molar-refractivity contribution is -0.140. The summed E-state index contributed by atoms with van der Waals surface area (Å²) in [6.45, 7) is 3.28. The lowest BCUT2D eigenvalue weighted by Gasteiger charge is -2.07. The molecule has 0 bridgehead atoms. The van der Waals surface area contributed by atoms with E-state index < -0.39 is 12.0 Å². The molecule has 0 saturated carbocycles. The minimum atomic E-state index is -0.991. The largest absolute Gasteiger partial charge is 0.480 e. The molecule has 0 saturated heterocycles. The quantitative estimate of drug-likeness (QED) is 0.828. The molecule has 2 heterocycles. The summed E-state index contributed by atoms with van der Waals surface area (Å²) in [5, 5.41) is 19.9. The van der Waals surface area contributed by atoms with Crippen molar-refractivity contribution in [3.05, 3.63) is 18.1 Å². The maximum atomic E-state index is 10.9. The molecule has 7 nitrogen and oxygen atoms in total. The van der Waals surface area contributed by atoms with E-state index in [1.165, 1.54) is 17.9 Å². The number of aryl methyl sites for hydroxylation is 1. The normalized spacial score (nSPS) is 12.6. The summed E-state index contributed by atoms with van der Waals surface area (Å²) in [7, 11) is 0. The highest BCUT2D eigenvalue weighted by Crippen LogP contribution is 2.23. The van der Waals surface area contributed by atoms with Crippen LogP contribution in [-0.4, -0.2) is 31.3 Å². The van der Waals surface area contributed by atoms with Crippen molar-refractivity contribution in [2.24, 2.45) is 0 Å². The number of aliphatic carboxylic acids is 1. The molecular formula is C9H10N4O3. The fourth-order valence-electron chi connectivity index (χ4n) is 1.35. The van der Waals surface area contributed by atoms with Crippen LogP contribution in [0.1, 0.15) is 18.7 Å². The van der Waals surface area contributed by atoms with E-state index in [1.807, 2.05) is 0 Å². The monoisotopic (exact) mass is 222 g/mol. The average Bonchev–Trinajstić information content (AvgIpc) is 2.84. The van der Waals surface area contributed by atoms with Gasteiger partial charge in [-0.25, -0.2) is 9.48 Å². The number of hydrogen-bond acceptors (Lipinski definition) is 5. The van der Waals surface area contributed by atoms with Crippen molar-refractivity contribution in [3.63, 3.8) is 0 Å². The number of aromatic nitrogens is 4. The van der Waals surface area contributed by atoms with E-state index in [9.17, 15) is 4.79 Å². The molecule has 1 N–H and O–H groups in total. The number of rotatable bonds is 3. The molecule has 0 aliphatic rings. The molecule has 0 aliphatic carbocycles. The maximum Gasteiger partial charge on any atom is 0.328 e. The predicted molar refractivity (Wildman–Crippen MR) is 52.6 cm³/mol. The molecule has 7 heteroatoms. The Hall–Kier alpha value is -2.18. The van der Waals surface area contributed by atoms with Crippen LogP contribution in [0.4, 0.5) is 0 Å². The van der Waals surface area contributed by atoms with E-state index in [-0.39, 0.29) is 0 Å². The first-order valence-electron chi connectivity index (χ1n) is 4.66. The number of hydrogen-bond donors (Lipinski definition) is 1. The second-order valence-corrected chi connectivity index (χ2v) is 3.35. The molecule has 2 aromatic rings. The van der Waals surface area contributed by atoms with Crippen LogP contribution in [0.3, 0.4) is 0 Å². The van der Waals surface area contributed by atoms with Crippen LogP contribution in [0.25, 0.3) is 11.4 Å². The van der Waals surface area contributed by atoms with Gasteiger partial charge < -0.3 is 9.52 Å². The molecule has 0 fully saturated rings. The van der Waals surface area contributed by atoms with Crippen molar-refractivity contribution < 1.29 is 14.3 Å². The summed E-state index contributed by atoms with van der Waals surface area (Å²) in [5.41, 5.74) is 0.693. The first-order valence-corrected chi connectivity index (χ1v) is 4.66. The smallest absolute Gasteiger partial charge is 0.328 e. The van der Waals surface area contributed by atoms with Gasteiger partial charge in [0.25, 0.3) is 0 Å². The van der Waals surface area contributed by atoms with E-state index in [0.29, 0.717) is 17.1 Å². The third kappa shape index (κ3) is 1.56. The van der Waals surface area contributed by atoms with Gasteiger partial charge in [0.2, 0.25) is 0 Å². The van der Waals surface area contributed by atoms with Crippen LogP contribution >= 0.6 is 0 Å². The summed E-state index contributed by atoms with van der Waals surface area (Å²) in [6, 6.07) is 0.880. The van der Waals surface area contributed by atoms with Crippen molar-refractivity contribution in [3.8, 4) is 11.4 Å². The number of carboxylic acids is 1. The van der Waals surface area contributed by atoms with Gasteiger partial charge in [0, 0.05) is 0 Å². The number of carbonyl (C=O) groups is 1. The Balaban J connectivity index is 2.48. The Morgan fingerprint density at radius 2 is 2.38 bits per heavy atom. The van der Waals surface area contributed by atoms with Gasteiger partial charge in [-0.2, -0.15) is 0 Å². The molecule has 84 valence electrons. The van der Waals surface area contributed by atoms with Gasteiger partial charge >= 0.3 is 5.97 Å². The van der Waals surface area contributed by atoms with Gasteiger partial charge in [0.1, 0.15) is 5.76 Å². The third-order valence-electron chi connectivity index (χ3n) is 2.32. The second kappa shape index (κ2) is 3.76. The number of tetrazole rings is 1. The highest BCUT2D eigenvalue weighted by molar-refractivity contribution is 5.72. The summed E-state index contributed by atoms with van der Waals surface area (Å²) >= 11 is 0. The second-order valence-electron chi connectivity index (χ2n) is 3.35. The zero-order chi connectivity index (χ0) is 11.7. The van der Waals surface area contributed by atoms with Gasteiger partial charge in [-0.15, -0.1) is 5.10 Å². The number of carboxylic acid groups (broad SMARTS) is 1. The van der Waals surface area contributed by atoms with Crippen molar-refractivity contribution in [1.82, 2.24) is 20.2 Å². The van der Waals surface area contributed by atoms with Gasteiger partial charge in [-0.3, -0.25) is 0 Å². The third-order valence-corrected chi connectivity index (χ3v) is 2.32. The lowest BCUT2D eigenvalue weighted by atomic mass is 10.2. The molecule has 0 radical (unpaired) electrons. The van der Waals surface area contributed by atoms with Crippen LogP contribution < -0.4 is 0 Å². The fourth-order valence-corrected chi connectivity index (χ4v) is 1.35. The SMILES string of the molecule is Cc1occc1-c1nnnn1C(C)C(=O)O. The Labute approximate surface area is 90.7 Å². The Morgan fingerprint density at radius 1 is 1.62 bits per heavy atom. The van der Waals surface area contributed by atoms with Crippen LogP contribution in [0.5, 0.6) is 0 Å². The summed E-state index contributed by atoms with van der Waals surface area (Å²) in [5.74, 6) is 0.0458. The van der Waals surface area contributed by atoms with E-state index in [1.54, 1.807) is 13.0 Å². The number of furan rings is 1. The van der Waals surface area contributed by atoms with Gasteiger partial charge in [0.05, 0.1) is 11.8 Å². The summed E-state index contributed by atoms with van der Waals surface area (Å²) in [6.07, 6.45) is 1.51. The highest BCUT2D eigenvalue weighted by Gasteiger charge is 2.21. The fraction of sp³-hybridized carbons (Fsp3) is 0.333. The standard InChI is InChI=1S/C9H10N4O3/c1-5(9(14)15)13-8(10-11-12-13)7-3-4-16-6(7)2/h3-5H,1-2H3,(H,14,15). The van der Waals surface area contributed by atoms with Crippen molar-refractivity contribution in [2.75, 3.05) is 0 Å². The minimum Gasteiger partial charge on any atom is -0.480 e. The zero-order valence-corrected chi connectivity index (χ0v) is 8.78. The highest BCUT2D eigenvalue weighted by atomic mass is 16.4. The Morgan fingerprint density at radius 3 is 2.94 bits per heavy atom. The van der Waals surface area contributed by atoms with Gasteiger partial charge in [-0.05, 0) is 30.3 Å². The van der Waals surface area contributed by atoms with Crippen molar-refractivity contribution >= 4 is 5.97 Å². The molecule has 2 aromatic heterocycles. The molecule has 0 aliphatic heterocycles. The molecule has 0 aromatic carbocycles. The summed E-state index contributed by atoms with van der Waals surface area (Å²) in [4.78, 5) is 10.9. The Bertz CT molecular complexity index is 516. The first-order chi connectivity index (χ1) is 7.61. The van der Waals surface area contributed by atoms with Crippen LogP contribution in [0, 0.1) is 6.92 Å². The number of nitrogens with zero attached hydrogens (tertiary/aromatic N) is 4. The minimum absolute atomic E-state index is 0.390. The topological polar surface area (TPSA) is 94.0 Å². The van der Waals surface area contributed by atoms with Crippen LogP contribution in [0.2, 0.25) is 0 Å². The van der Waals surface area contributed by atoms with Crippen LogP contribution in [0.15, 0.2) is 16.7 Å². The van der Waals surface area contributed by atoms with Gasteiger partial charge in [-0.1, -0.05) is 0 Å². The van der Waals surface area contributed by atoms with Crippen molar-refractivity contribution in [1.29, 1.82) is 0 Å². The van der Waals surface area contributed by atoms with Crippen molar-refractivity contribution in [2.45, 2.75) is 19.9 Å². The predicted octanol–water partition coefficient (Wildman–Crippen LogP) is 0.887. The molecule has 2 rings (SSSR count). The lowest BCUT2D eigenvalue weighted by Crippen LogP contribution is -2.18. The Kier molecular flexibility index (Phi) is 2.43. The van der Waals surface area contributed by atoms with E-state index >= 15 is 0 Å². The average molecular weight is 222 g/mol. The molecule has 0 spiro atoms. The van der Waals surface area contributed by atoms with E-state index in [2.05, 4.69) is 15.5 Å². The van der Waals surface area contributed by atoms with Crippen LogP contribution in [-0.2, 0) is 4.79 Å².